The molecule has 1 atom stereocenters. The molecule has 0 aromatic rings. The summed E-state index contributed by atoms with van der Waals surface area (Å²) < 4.78 is 16.6. The Kier molecular flexibility index (Phi) is 42.5. The molecular weight excluding hydrogens is 697 g/mol. The maximum Gasteiger partial charge on any atom is 0.306 e. The first kappa shape index (κ1) is 53.1. The van der Waals surface area contributed by atoms with E-state index in [1.165, 1.54) is 96.3 Å². The van der Waals surface area contributed by atoms with Crippen molar-refractivity contribution in [3.63, 3.8) is 0 Å². The van der Waals surface area contributed by atoms with Crippen LogP contribution in [0.4, 0.5) is 0 Å². The summed E-state index contributed by atoms with van der Waals surface area (Å²) >= 11 is 0. The molecule has 0 rings (SSSR count). The number of ether oxygens (including phenoxy) is 3. The Morgan fingerprint density at radius 3 is 1.21 bits per heavy atom. The van der Waals surface area contributed by atoms with Crippen LogP contribution >= 0.6 is 0 Å². The second kappa shape index (κ2) is 44.8. The Morgan fingerprint density at radius 1 is 0.375 bits per heavy atom. The van der Waals surface area contributed by atoms with E-state index in [0.29, 0.717) is 19.3 Å². The number of rotatable bonds is 41. The first-order valence-corrected chi connectivity index (χ1v) is 23.3. The zero-order valence-corrected chi connectivity index (χ0v) is 36.6. The largest absolute Gasteiger partial charge is 0.462 e. The third-order valence-corrected chi connectivity index (χ3v) is 9.77. The quantitative estimate of drug-likeness (QED) is 0.0266. The van der Waals surface area contributed by atoms with Crippen molar-refractivity contribution in [3.05, 3.63) is 60.8 Å². The van der Waals surface area contributed by atoms with Crippen molar-refractivity contribution in [3.8, 4) is 0 Å². The van der Waals surface area contributed by atoms with E-state index < -0.39 is 12.1 Å². The average Bonchev–Trinajstić information content (AvgIpc) is 3.19. The monoisotopic (exact) mass is 783 g/mol. The summed E-state index contributed by atoms with van der Waals surface area (Å²) in [6.45, 7) is 6.40. The Labute approximate surface area is 345 Å². The first-order valence-electron chi connectivity index (χ1n) is 23.3. The molecule has 0 heterocycles. The molecule has 0 saturated heterocycles. The second-order valence-corrected chi connectivity index (χ2v) is 15.3. The number of allylic oxidation sites excluding steroid dienone is 10. The van der Waals surface area contributed by atoms with Crippen molar-refractivity contribution in [1.82, 2.24) is 0 Å². The lowest BCUT2D eigenvalue weighted by Crippen LogP contribution is -2.30. The van der Waals surface area contributed by atoms with E-state index in [9.17, 15) is 14.4 Å². The Balaban J connectivity index is 4.47. The summed E-state index contributed by atoms with van der Waals surface area (Å²) in [7, 11) is 0. The fraction of sp³-hybridized carbons (Fsp3) is 0.740. The highest BCUT2D eigenvalue weighted by molar-refractivity contribution is 5.71. The SMILES string of the molecule is CC/C=C\C/C=C\C/C=C\C/C=C\CCC(=O)OC(COC(=O)CCCCCCC/C=C\CCCC)COC(=O)CCCCCCCCCCCCCCCC. The van der Waals surface area contributed by atoms with Crippen molar-refractivity contribution in [2.24, 2.45) is 0 Å². The molecule has 0 aromatic carbocycles. The normalized spacial score (nSPS) is 12.6. The molecule has 0 N–H and O–H groups in total. The number of hydrogen-bond acceptors (Lipinski definition) is 6. The molecule has 0 fully saturated rings. The summed E-state index contributed by atoms with van der Waals surface area (Å²) in [5.41, 5.74) is 0. The average molecular weight is 783 g/mol. The first-order chi connectivity index (χ1) is 27.5. The summed E-state index contributed by atoms with van der Waals surface area (Å²) in [4.78, 5) is 37.7. The van der Waals surface area contributed by atoms with Gasteiger partial charge in [-0.05, 0) is 64.2 Å². The van der Waals surface area contributed by atoms with E-state index in [1.807, 2.05) is 12.2 Å². The predicted octanol–water partition coefficient (Wildman–Crippen LogP) is 14.9. The molecule has 0 amide bonds. The van der Waals surface area contributed by atoms with Crippen molar-refractivity contribution in [2.45, 2.75) is 226 Å². The highest BCUT2D eigenvalue weighted by Gasteiger charge is 2.19. The van der Waals surface area contributed by atoms with Crippen LogP contribution < -0.4 is 0 Å². The van der Waals surface area contributed by atoms with Crippen LogP contribution in [0, 0.1) is 0 Å². The van der Waals surface area contributed by atoms with Gasteiger partial charge in [-0.1, -0.05) is 197 Å². The number of carbonyl (C=O) groups is 3. The molecule has 6 nitrogen and oxygen atoms in total. The fourth-order valence-corrected chi connectivity index (χ4v) is 6.26. The number of unbranched alkanes of at least 4 members (excludes halogenated alkanes) is 20. The highest BCUT2D eigenvalue weighted by Crippen LogP contribution is 2.14. The minimum absolute atomic E-state index is 0.104. The highest BCUT2D eigenvalue weighted by atomic mass is 16.6. The van der Waals surface area contributed by atoms with Gasteiger partial charge in [0.1, 0.15) is 13.2 Å². The van der Waals surface area contributed by atoms with E-state index >= 15 is 0 Å². The zero-order valence-electron chi connectivity index (χ0n) is 36.6. The molecule has 0 radical (unpaired) electrons. The lowest BCUT2D eigenvalue weighted by Gasteiger charge is -2.18. The summed E-state index contributed by atoms with van der Waals surface area (Å²) in [6, 6.07) is 0. The van der Waals surface area contributed by atoms with Crippen molar-refractivity contribution >= 4 is 17.9 Å². The van der Waals surface area contributed by atoms with Gasteiger partial charge in [-0.15, -0.1) is 0 Å². The van der Waals surface area contributed by atoms with Crippen molar-refractivity contribution in [1.29, 1.82) is 0 Å². The Bertz CT molecular complexity index is 1040. The molecule has 0 spiro atoms. The van der Waals surface area contributed by atoms with Gasteiger partial charge in [0, 0.05) is 19.3 Å². The molecule has 0 aliphatic rings. The van der Waals surface area contributed by atoms with Crippen LogP contribution in [0.3, 0.4) is 0 Å². The van der Waals surface area contributed by atoms with Gasteiger partial charge in [0.25, 0.3) is 0 Å². The van der Waals surface area contributed by atoms with E-state index in [1.54, 1.807) is 0 Å². The molecule has 1 unspecified atom stereocenters. The lowest BCUT2D eigenvalue weighted by atomic mass is 10.0. The molecule has 0 aliphatic carbocycles. The zero-order chi connectivity index (χ0) is 40.8. The maximum atomic E-state index is 12.7. The van der Waals surface area contributed by atoms with Crippen LogP contribution in [-0.4, -0.2) is 37.2 Å². The number of hydrogen-bond donors (Lipinski definition) is 0. The molecule has 322 valence electrons. The minimum atomic E-state index is -0.811. The van der Waals surface area contributed by atoms with Crippen LogP contribution in [0.15, 0.2) is 60.8 Å². The van der Waals surface area contributed by atoms with Gasteiger partial charge in [-0.2, -0.15) is 0 Å². The summed E-state index contributed by atoms with van der Waals surface area (Å²) in [6.07, 6.45) is 53.6. The van der Waals surface area contributed by atoms with E-state index in [-0.39, 0.29) is 31.6 Å². The molecular formula is C50H86O6. The molecule has 0 aromatic heterocycles. The summed E-state index contributed by atoms with van der Waals surface area (Å²) in [5.74, 6) is -0.997. The van der Waals surface area contributed by atoms with Crippen molar-refractivity contribution < 1.29 is 28.6 Å². The van der Waals surface area contributed by atoms with Crippen LogP contribution in [0.2, 0.25) is 0 Å². The van der Waals surface area contributed by atoms with E-state index in [4.69, 9.17) is 14.2 Å². The van der Waals surface area contributed by atoms with Crippen molar-refractivity contribution in [2.75, 3.05) is 13.2 Å². The molecule has 0 aliphatic heterocycles. The molecule has 56 heavy (non-hydrogen) atoms. The van der Waals surface area contributed by atoms with Crippen LogP contribution in [0.1, 0.15) is 220 Å². The van der Waals surface area contributed by atoms with Gasteiger partial charge in [-0.3, -0.25) is 14.4 Å². The van der Waals surface area contributed by atoms with Crippen LogP contribution in [0.5, 0.6) is 0 Å². The van der Waals surface area contributed by atoms with Crippen LogP contribution in [-0.2, 0) is 28.6 Å². The fourth-order valence-electron chi connectivity index (χ4n) is 6.26. The second-order valence-electron chi connectivity index (χ2n) is 15.3. The molecule has 0 bridgehead atoms. The van der Waals surface area contributed by atoms with Gasteiger partial charge in [0.15, 0.2) is 6.10 Å². The van der Waals surface area contributed by atoms with E-state index in [2.05, 4.69) is 69.4 Å². The Hall–Kier alpha value is -2.89. The third kappa shape index (κ3) is 42.3. The predicted molar refractivity (Wildman–Crippen MR) is 238 cm³/mol. The molecule has 0 saturated carbocycles. The van der Waals surface area contributed by atoms with Gasteiger partial charge >= 0.3 is 17.9 Å². The van der Waals surface area contributed by atoms with Gasteiger partial charge in [-0.25, -0.2) is 0 Å². The number of esters is 3. The van der Waals surface area contributed by atoms with E-state index in [0.717, 1.165) is 77.0 Å². The minimum Gasteiger partial charge on any atom is -0.462 e. The smallest absolute Gasteiger partial charge is 0.306 e. The maximum absolute atomic E-state index is 12.7. The topological polar surface area (TPSA) is 78.9 Å². The molecule has 6 heteroatoms. The van der Waals surface area contributed by atoms with Gasteiger partial charge in [0.05, 0.1) is 0 Å². The third-order valence-electron chi connectivity index (χ3n) is 9.77. The Morgan fingerprint density at radius 2 is 0.750 bits per heavy atom. The number of carbonyl (C=O) groups excluding carboxylic acids is 3. The summed E-state index contributed by atoms with van der Waals surface area (Å²) in [5, 5.41) is 0. The standard InChI is InChI=1S/C50H86O6/c1-4-7-10-13-16-19-22-24-26-28-31-34-37-40-43-49(52)55-46-47(45-54-48(51)42-39-36-33-30-27-21-18-15-12-9-6-3)56-50(53)44-41-38-35-32-29-25-23-20-17-14-11-8-5-2/h8,11,15,17-18,20,25,29,35,38,47H,4-7,9-10,12-14,16,19,21-24,26-28,30-34,36-37,39-46H2,1-3H3/b11-8-,18-15-,20-17-,29-25-,38-35-. The van der Waals surface area contributed by atoms with Gasteiger partial charge < -0.3 is 14.2 Å². The van der Waals surface area contributed by atoms with Crippen LogP contribution in [0.25, 0.3) is 0 Å². The lowest BCUT2D eigenvalue weighted by molar-refractivity contribution is -0.166. The van der Waals surface area contributed by atoms with Gasteiger partial charge in [0.2, 0.25) is 0 Å².